The summed E-state index contributed by atoms with van der Waals surface area (Å²) in [6, 6.07) is 11.3. The number of anilines is 2. The van der Waals surface area contributed by atoms with Gasteiger partial charge in [-0.2, -0.15) is 0 Å². The second-order valence-electron chi connectivity index (χ2n) is 11.0. The minimum Gasteiger partial charge on any atom is -0.480 e. The topological polar surface area (TPSA) is 158 Å². The Bertz CT molecular complexity index is 2060. The quantitative estimate of drug-likeness (QED) is 0.228. The maximum atomic E-state index is 13.1. The third-order valence-corrected chi connectivity index (χ3v) is 8.66. The molecule has 1 fully saturated rings. The van der Waals surface area contributed by atoms with Crippen molar-refractivity contribution in [2.45, 2.75) is 32.0 Å². The first-order chi connectivity index (χ1) is 22.2. The molecule has 3 N–H and O–H groups in total. The molecule has 2 atom stereocenters. The second kappa shape index (κ2) is 13.0. The number of hydrogen-bond donors (Lipinski definition) is 3. The molecule has 0 spiro atoms. The molecule has 3 aromatic heterocycles. The summed E-state index contributed by atoms with van der Waals surface area (Å²) in [5, 5.41) is 17.5. The first-order valence-electron chi connectivity index (χ1n) is 14.6. The molecule has 6 rings (SSSR count). The average molecular weight is 645 g/mol. The van der Waals surface area contributed by atoms with Crippen LogP contribution in [0.5, 0.6) is 5.88 Å². The van der Waals surface area contributed by atoms with Crippen LogP contribution in [0.4, 0.5) is 11.5 Å². The number of fused-ring (bicyclic) bond motifs is 1. The lowest BCUT2D eigenvalue weighted by atomic mass is 9.96. The molecule has 1 aliphatic heterocycles. The van der Waals surface area contributed by atoms with E-state index in [1.54, 1.807) is 13.2 Å². The molecule has 0 saturated carbocycles. The lowest BCUT2D eigenvalue weighted by Crippen LogP contribution is -2.46. The van der Waals surface area contributed by atoms with Crippen molar-refractivity contribution in [3.8, 4) is 28.3 Å². The normalized spacial score (nSPS) is 16.5. The predicted molar refractivity (Wildman–Crippen MR) is 175 cm³/mol. The lowest BCUT2D eigenvalue weighted by molar-refractivity contribution is -0.0281. The molecule has 2 aromatic carbocycles. The summed E-state index contributed by atoms with van der Waals surface area (Å²) in [6.45, 7) is 3.20. The minimum absolute atomic E-state index is 0.105. The number of aromatic nitrogens is 6. The third-order valence-electron chi connectivity index (χ3n) is 8.25. The summed E-state index contributed by atoms with van der Waals surface area (Å²) in [5.74, 6) is 0.640. The summed E-state index contributed by atoms with van der Waals surface area (Å²) in [5.41, 5.74) is 4.26. The number of nitrogens with one attached hydrogen (secondary N) is 2. The van der Waals surface area contributed by atoms with Crippen molar-refractivity contribution in [2.24, 2.45) is 14.1 Å². The van der Waals surface area contributed by atoms with Crippen molar-refractivity contribution in [1.29, 1.82) is 0 Å². The first kappa shape index (κ1) is 31.3. The molecule has 5 aromatic rings. The van der Waals surface area contributed by atoms with Gasteiger partial charge in [0.05, 0.1) is 36.7 Å². The van der Waals surface area contributed by atoms with Gasteiger partial charge in [-0.25, -0.2) is 19.7 Å². The van der Waals surface area contributed by atoms with Crippen molar-refractivity contribution >= 4 is 34.1 Å². The highest BCUT2D eigenvalue weighted by Gasteiger charge is 2.24. The number of nitrogens with zero attached hydrogens (tertiary/aromatic N) is 6. The van der Waals surface area contributed by atoms with Crippen LogP contribution in [0.3, 0.4) is 0 Å². The Morgan fingerprint density at radius 1 is 1.07 bits per heavy atom. The minimum atomic E-state index is -0.589. The van der Waals surface area contributed by atoms with Crippen LogP contribution in [0.2, 0.25) is 5.02 Å². The summed E-state index contributed by atoms with van der Waals surface area (Å²) in [7, 11) is 4.52. The zero-order chi connectivity index (χ0) is 32.5. The van der Waals surface area contributed by atoms with E-state index in [1.807, 2.05) is 43.3 Å². The molecule has 0 bridgehead atoms. The van der Waals surface area contributed by atoms with Crippen LogP contribution in [-0.4, -0.2) is 66.6 Å². The molecule has 0 aliphatic carbocycles. The number of aryl methyl sites for hydroxylation is 1. The molecule has 4 heterocycles. The summed E-state index contributed by atoms with van der Waals surface area (Å²) < 4.78 is 13.2. The number of aliphatic hydroxyl groups is 1. The molecule has 1 aliphatic rings. The van der Waals surface area contributed by atoms with Crippen LogP contribution in [-0.2, 0) is 25.4 Å². The molecular formula is C32H33ClN8O5. The van der Waals surface area contributed by atoms with E-state index in [1.165, 1.54) is 25.1 Å². The van der Waals surface area contributed by atoms with Gasteiger partial charge in [0.1, 0.15) is 23.2 Å². The number of halogens is 1. The van der Waals surface area contributed by atoms with Crippen LogP contribution in [0.25, 0.3) is 33.4 Å². The van der Waals surface area contributed by atoms with Gasteiger partial charge in [0.15, 0.2) is 5.65 Å². The zero-order valence-electron chi connectivity index (χ0n) is 25.7. The first-order valence-corrected chi connectivity index (χ1v) is 15.0. The van der Waals surface area contributed by atoms with E-state index in [4.69, 9.17) is 26.1 Å². The number of ether oxygens (including phenoxy) is 2. The Labute approximate surface area is 268 Å². The Morgan fingerprint density at radius 2 is 1.83 bits per heavy atom. The standard InChI is InChI=1S/C32H33ClN8O5/c1-17-18(7-6-10-21(17)38-28-26-29(37-16-36-28)40(2)32(44)41(3)31(26)43)19-8-5-9-20(27(19)33)23-13-35-24(30(39-23)45-4)14-34-22-11-12-46-15-25(22)42/h5-10,13,16,22,25,34,42H,11-12,14-15H2,1-4H3,(H,36,37,38)/t22-,25+/m1/s1. The van der Waals surface area contributed by atoms with Crippen molar-refractivity contribution < 1.29 is 14.6 Å². The van der Waals surface area contributed by atoms with Gasteiger partial charge in [-0.15, -0.1) is 0 Å². The van der Waals surface area contributed by atoms with E-state index in [2.05, 4.69) is 25.6 Å². The van der Waals surface area contributed by atoms with Gasteiger partial charge in [-0.1, -0.05) is 41.9 Å². The van der Waals surface area contributed by atoms with Crippen molar-refractivity contribution in [3.05, 3.63) is 86.0 Å². The fourth-order valence-electron chi connectivity index (χ4n) is 5.62. The lowest BCUT2D eigenvalue weighted by Gasteiger charge is -2.28. The molecule has 46 heavy (non-hydrogen) atoms. The number of hydrogen-bond acceptors (Lipinski definition) is 11. The van der Waals surface area contributed by atoms with Crippen LogP contribution in [0.1, 0.15) is 17.7 Å². The van der Waals surface area contributed by atoms with Gasteiger partial charge in [-0.05, 0) is 30.5 Å². The number of aliphatic hydroxyl groups excluding tert-OH is 1. The number of rotatable bonds is 8. The van der Waals surface area contributed by atoms with E-state index in [0.717, 1.165) is 21.3 Å². The Kier molecular flexibility index (Phi) is 8.82. The third kappa shape index (κ3) is 5.73. The van der Waals surface area contributed by atoms with Crippen LogP contribution < -0.4 is 26.6 Å². The molecule has 14 heteroatoms. The number of benzene rings is 2. The van der Waals surface area contributed by atoms with Crippen LogP contribution in [0, 0.1) is 6.92 Å². The molecule has 0 amide bonds. The Balaban J connectivity index is 1.32. The Hall–Kier alpha value is -4.69. The highest BCUT2D eigenvalue weighted by atomic mass is 35.5. The SMILES string of the molecule is COc1nc(-c2cccc(-c3cccc(Nc4ncnc5c4c(=O)n(C)c(=O)n5C)c3C)c2Cl)cnc1CN[C@@H]1CCOC[C@@H]1O. The van der Waals surface area contributed by atoms with E-state index in [0.29, 0.717) is 59.7 Å². The summed E-state index contributed by atoms with van der Waals surface area (Å²) in [6.07, 6.45) is 3.08. The fourth-order valence-corrected chi connectivity index (χ4v) is 5.95. The van der Waals surface area contributed by atoms with Gasteiger partial charge in [-0.3, -0.25) is 18.9 Å². The van der Waals surface area contributed by atoms with E-state index in [-0.39, 0.29) is 22.9 Å². The number of methoxy groups -OCH3 is 1. The van der Waals surface area contributed by atoms with E-state index < -0.39 is 17.4 Å². The molecular weight excluding hydrogens is 612 g/mol. The molecule has 0 radical (unpaired) electrons. The Morgan fingerprint density at radius 3 is 2.61 bits per heavy atom. The van der Waals surface area contributed by atoms with Gasteiger partial charge < -0.3 is 25.2 Å². The smallest absolute Gasteiger partial charge is 0.332 e. The van der Waals surface area contributed by atoms with Gasteiger partial charge in [0.2, 0.25) is 5.88 Å². The van der Waals surface area contributed by atoms with E-state index >= 15 is 0 Å². The van der Waals surface area contributed by atoms with Gasteiger partial charge in [0, 0.05) is 50.1 Å². The molecule has 1 saturated heterocycles. The van der Waals surface area contributed by atoms with Crippen LogP contribution in [0.15, 0.2) is 58.5 Å². The van der Waals surface area contributed by atoms with E-state index in [9.17, 15) is 14.7 Å². The average Bonchev–Trinajstić information content (AvgIpc) is 3.07. The highest BCUT2D eigenvalue weighted by Crippen LogP contribution is 2.39. The monoisotopic (exact) mass is 644 g/mol. The van der Waals surface area contributed by atoms with Crippen LogP contribution >= 0.6 is 11.6 Å². The fraction of sp³-hybridized carbons (Fsp3) is 0.312. The predicted octanol–water partition coefficient (Wildman–Crippen LogP) is 3.10. The maximum Gasteiger partial charge on any atom is 0.332 e. The maximum absolute atomic E-state index is 13.1. The molecule has 238 valence electrons. The van der Waals surface area contributed by atoms with Crippen molar-refractivity contribution in [3.63, 3.8) is 0 Å². The summed E-state index contributed by atoms with van der Waals surface area (Å²) in [4.78, 5) is 43.3. The zero-order valence-corrected chi connectivity index (χ0v) is 26.5. The molecule has 13 nitrogen and oxygen atoms in total. The van der Waals surface area contributed by atoms with Crippen molar-refractivity contribution in [2.75, 3.05) is 25.6 Å². The van der Waals surface area contributed by atoms with Crippen molar-refractivity contribution in [1.82, 2.24) is 34.4 Å². The highest BCUT2D eigenvalue weighted by molar-refractivity contribution is 6.36. The molecule has 0 unspecified atom stereocenters. The largest absolute Gasteiger partial charge is 0.480 e. The second-order valence-corrected chi connectivity index (χ2v) is 11.4. The van der Waals surface area contributed by atoms with Gasteiger partial charge in [0.25, 0.3) is 5.56 Å². The van der Waals surface area contributed by atoms with Gasteiger partial charge >= 0.3 is 5.69 Å². The summed E-state index contributed by atoms with van der Waals surface area (Å²) >= 11 is 7.05.